The quantitative estimate of drug-likeness (QED) is 0.897. The van der Waals surface area contributed by atoms with Gasteiger partial charge in [0.1, 0.15) is 0 Å². The number of anilines is 2. The molecule has 0 bridgehead atoms. The van der Waals surface area contributed by atoms with Crippen molar-refractivity contribution in [1.29, 1.82) is 0 Å². The molecule has 1 heterocycles. The Morgan fingerprint density at radius 1 is 1.15 bits per heavy atom. The summed E-state index contributed by atoms with van der Waals surface area (Å²) in [5.74, 6) is 0. The van der Waals surface area contributed by atoms with E-state index in [0.717, 1.165) is 5.69 Å². The van der Waals surface area contributed by atoms with Crippen molar-refractivity contribution in [3.8, 4) is 0 Å². The summed E-state index contributed by atoms with van der Waals surface area (Å²) >= 11 is 0. The van der Waals surface area contributed by atoms with E-state index in [-0.39, 0.29) is 0 Å². The lowest BCUT2D eigenvalue weighted by molar-refractivity contribution is 0.105. The molecule has 1 aromatic rings. The molecule has 20 heavy (non-hydrogen) atoms. The second-order valence-corrected chi connectivity index (χ2v) is 8.04. The Balaban J connectivity index is 2.18. The van der Waals surface area contributed by atoms with E-state index in [1.807, 2.05) is 12.4 Å². The van der Waals surface area contributed by atoms with Gasteiger partial charge in [0.25, 0.3) is 0 Å². The van der Waals surface area contributed by atoms with Crippen LogP contribution in [0.4, 0.5) is 11.4 Å². The highest BCUT2D eigenvalue weighted by Crippen LogP contribution is 2.46. The highest BCUT2D eigenvalue weighted by molar-refractivity contribution is 5.68. The van der Waals surface area contributed by atoms with Crippen molar-refractivity contribution >= 4 is 11.4 Å². The van der Waals surface area contributed by atoms with Crippen LogP contribution in [0.15, 0.2) is 18.5 Å². The molecule has 1 aromatic heterocycles. The third kappa shape index (κ3) is 3.65. The van der Waals surface area contributed by atoms with Gasteiger partial charge in [-0.25, -0.2) is 0 Å². The largest absolute Gasteiger partial charge is 0.379 e. The van der Waals surface area contributed by atoms with E-state index in [4.69, 9.17) is 0 Å². The van der Waals surface area contributed by atoms with Crippen LogP contribution in [0.1, 0.15) is 47.0 Å². The first-order valence-corrected chi connectivity index (χ1v) is 7.56. The minimum absolute atomic E-state index is 0.403. The van der Waals surface area contributed by atoms with Crippen LogP contribution in [-0.4, -0.2) is 25.1 Å². The van der Waals surface area contributed by atoms with Gasteiger partial charge < -0.3 is 10.2 Å². The lowest BCUT2D eigenvalue weighted by Gasteiger charge is -2.45. The molecule has 1 N–H and O–H groups in total. The lowest BCUT2D eigenvalue weighted by Crippen LogP contribution is -2.40. The van der Waals surface area contributed by atoms with Crippen molar-refractivity contribution in [1.82, 2.24) is 4.98 Å². The molecule has 112 valence electrons. The van der Waals surface area contributed by atoms with Crippen molar-refractivity contribution in [3.63, 3.8) is 0 Å². The molecule has 0 radical (unpaired) electrons. The molecule has 0 aromatic carbocycles. The summed E-state index contributed by atoms with van der Waals surface area (Å²) in [6.07, 6.45) is 7.54. The molecule has 0 amide bonds. The summed E-state index contributed by atoms with van der Waals surface area (Å²) < 4.78 is 0. The maximum absolute atomic E-state index is 4.28. The molecule has 1 saturated carbocycles. The smallest absolute Gasteiger partial charge is 0.0766 e. The Bertz CT molecular complexity index is 447. The van der Waals surface area contributed by atoms with Crippen molar-refractivity contribution in [3.05, 3.63) is 18.5 Å². The van der Waals surface area contributed by atoms with Gasteiger partial charge in [0.15, 0.2) is 0 Å². The monoisotopic (exact) mass is 275 g/mol. The molecule has 1 aliphatic carbocycles. The van der Waals surface area contributed by atoms with Crippen LogP contribution >= 0.6 is 0 Å². The summed E-state index contributed by atoms with van der Waals surface area (Å²) in [7, 11) is 4.16. The third-order valence-electron chi connectivity index (χ3n) is 4.19. The number of hydrogen-bond acceptors (Lipinski definition) is 3. The second kappa shape index (κ2) is 5.27. The number of nitrogens with one attached hydrogen (secondary N) is 1. The molecular weight excluding hydrogens is 246 g/mol. The molecule has 3 nitrogen and oxygen atoms in total. The molecule has 0 aliphatic heterocycles. The van der Waals surface area contributed by atoms with Gasteiger partial charge in [0.2, 0.25) is 0 Å². The average molecular weight is 275 g/mol. The SMILES string of the molecule is CN(C)c1ccncc1NC1CC(C)(C)CC(C)(C)C1. The first kappa shape index (κ1) is 15.1. The van der Waals surface area contributed by atoms with Crippen molar-refractivity contribution < 1.29 is 0 Å². The summed E-state index contributed by atoms with van der Waals surface area (Å²) in [6.45, 7) is 9.55. The number of nitrogens with zero attached hydrogens (tertiary/aromatic N) is 2. The molecule has 2 rings (SSSR count). The number of rotatable bonds is 3. The average Bonchev–Trinajstić information content (AvgIpc) is 2.24. The van der Waals surface area contributed by atoms with E-state index in [9.17, 15) is 0 Å². The number of aromatic nitrogens is 1. The van der Waals surface area contributed by atoms with Gasteiger partial charge in [-0.05, 0) is 36.2 Å². The summed E-state index contributed by atoms with van der Waals surface area (Å²) in [5.41, 5.74) is 3.16. The predicted octanol–water partition coefficient (Wildman–Crippen LogP) is 4.16. The molecule has 1 aliphatic rings. The zero-order chi connectivity index (χ0) is 15.0. The molecule has 3 heteroatoms. The third-order valence-corrected chi connectivity index (χ3v) is 4.19. The number of pyridine rings is 1. The lowest BCUT2D eigenvalue weighted by atomic mass is 9.63. The van der Waals surface area contributed by atoms with E-state index in [2.05, 4.69) is 63.1 Å². The minimum atomic E-state index is 0.403. The summed E-state index contributed by atoms with van der Waals surface area (Å²) in [6, 6.07) is 2.60. The van der Waals surface area contributed by atoms with Crippen molar-refractivity contribution in [2.75, 3.05) is 24.3 Å². The Morgan fingerprint density at radius 2 is 1.75 bits per heavy atom. The number of hydrogen-bond donors (Lipinski definition) is 1. The van der Waals surface area contributed by atoms with Crippen LogP contribution in [0.3, 0.4) is 0 Å². The Kier molecular flexibility index (Phi) is 3.99. The van der Waals surface area contributed by atoms with Crippen LogP contribution < -0.4 is 10.2 Å². The van der Waals surface area contributed by atoms with Gasteiger partial charge in [-0.15, -0.1) is 0 Å². The molecule has 0 saturated heterocycles. The highest BCUT2D eigenvalue weighted by atomic mass is 15.1. The summed E-state index contributed by atoms with van der Waals surface area (Å²) in [5, 5.41) is 3.74. The zero-order valence-electron chi connectivity index (χ0n) is 13.8. The van der Waals surface area contributed by atoms with E-state index in [1.54, 1.807) is 0 Å². The normalized spacial score (nSPS) is 21.5. The topological polar surface area (TPSA) is 28.2 Å². The predicted molar refractivity (Wildman–Crippen MR) is 87.4 cm³/mol. The Morgan fingerprint density at radius 3 is 2.30 bits per heavy atom. The fourth-order valence-electron chi connectivity index (χ4n) is 4.06. The fraction of sp³-hybridized carbons (Fsp3) is 0.706. The van der Waals surface area contributed by atoms with Crippen LogP contribution in [0, 0.1) is 10.8 Å². The maximum atomic E-state index is 4.28. The van der Waals surface area contributed by atoms with Gasteiger partial charge in [0.05, 0.1) is 17.6 Å². The van der Waals surface area contributed by atoms with E-state index < -0.39 is 0 Å². The first-order valence-electron chi connectivity index (χ1n) is 7.56. The minimum Gasteiger partial charge on any atom is -0.379 e. The van der Waals surface area contributed by atoms with Crippen LogP contribution in [0.25, 0.3) is 0 Å². The maximum Gasteiger partial charge on any atom is 0.0766 e. The molecule has 1 fully saturated rings. The van der Waals surface area contributed by atoms with Gasteiger partial charge in [-0.1, -0.05) is 27.7 Å². The molecule has 0 unspecified atom stereocenters. The zero-order valence-corrected chi connectivity index (χ0v) is 13.8. The molecule has 0 spiro atoms. The fourth-order valence-corrected chi connectivity index (χ4v) is 4.06. The van der Waals surface area contributed by atoms with Gasteiger partial charge in [0, 0.05) is 26.3 Å². The standard InChI is InChI=1S/C17H29N3/c1-16(2)9-13(10-17(3,4)12-16)19-14-11-18-8-7-15(14)20(5)6/h7-8,11,13,19H,9-10,12H2,1-6H3. The van der Waals surface area contributed by atoms with Gasteiger partial charge in [-0.3, -0.25) is 4.98 Å². The van der Waals surface area contributed by atoms with E-state index >= 15 is 0 Å². The van der Waals surface area contributed by atoms with E-state index in [0.29, 0.717) is 16.9 Å². The highest BCUT2D eigenvalue weighted by Gasteiger charge is 2.38. The van der Waals surface area contributed by atoms with Crippen molar-refractivity contribution in [2.24, 2.45) is 10.8 Å². The molecular formula is C17H29N3. The van der Waals surface area contributed by atoms with Gasteiger partial charge in [-0.2, -0.15) is 0 Å². The summed E-state index contributed by atoms with van der Waals surface area (Å²) in [4.78, 5) is 6.42. The Labute approximate surface area is 123 Å². The van der Waals surface area contributed by atoms with Gasteiger partial charge >= 0.3 is 0 Å². The van der Waals surface area contributed by atoms with Crippen molar-refractivity contribution in [2.45, 2.75) is 53.0 Å². The van der Waals surface area contributed by atoms with Crippen LogP contribution in [0.2, 0.25) is 0 Å². The van der Waals surface area contributed by atoms with Crippen LogP contribution in [-0.2, 0) is 0 Å². The molecule has 0 atom stereocenters. The second-order valence-electron chi connectivity index (χ2n) is 8.04. The van der Waals surface area contributed by atoms with E-state index in [1.165, 1.54) is 24.9 Å². The Hall–Kier alpha value is -1.25. The van der Waals surface area contributed by atoms with Crippen LogP contribution in [0.5, 0.6) is 0 Å². The first-order chi connectivity index (χ1) is 9.19.